The Hall–Kier alpha value is -0.960. The van der Waals surface area contributed by atoms with Crippen LogP contribution in [0.4, 0.5) is 0 Å². The Morgan fingerprint density at radius 3 is 3.18 bits per heavy atom. The molecule has 2 rings (SSSR count). The highest BCUT2D eigenvalue weighted by Gasteiger charge is 1.96. The summed E-state index contributed by atoms with van der Waals surface area (Å²) in [5, 5.41) is 1.17. The maximum absolute atomic E-state index is 4.19. The van der Waals surface area contributed by atoms with Crippen molar-refractivity contribution >= 4 is 23.5 Å². The molecule has 11 heavy (non-hydrogen) atoms. The fourth-order valence-corrected chi connectivity index (χ4v) is 1.41. The SMILES string of the molecule is SCn1ccc2cnccc21. The van der Waals surface area contributed by atoms with Crippen molar-refractivity contribution in [2.24, 2.45) is 0 Å². The maximum atomic E-state index is 4.19. The van der Waals surface area contributed by atoms with E-state index in [0.29, 0.717) is 5.88 Å². The molecule has 0 aliphatic carbocycles. The number of rotatable bonds is 1. The average Bonchev–Trinajstić information content (AvgIpc) is 2.47. The van der Waals surface area contributed by atoms with E-state index < -0.39 is 0 Å². The molecule has 3 heteroatoms. The van der Waals surface area contributed by atoms with E-state index in [4.69, 9.17) is 0 Å². The zero-order valence-electron chi connectivity index (χ0n) is 5.94. The molecule has 0 atom stereocenters. The van der Waals surface area contributed by atoms with Gasteiger partial charge in [-0.2, -0.15) is 12.6 Å². The summed E-state index contributed by atoms with van der Waals surface area (Å²) in [5.41, 5.74) is 1.19. The molecule has 2 nitrogen and oxygen atoms in total. The van der Waals surface area contributed by atoms with Gasteiger partial charge in [0.15, 0.2) is 0 Å². The van der Waals surface area contributed by atoms with E-state index >= 15 is 0 Å². The topological polar surface area (TPSA) is 17.8 Å². The summed E-state index contributed by atoms with van der Waals surface area (Å²) in [4.78, 5) is 4.02. The summed E-state index contributed by atoms with van der Waals surface area (Å²) in [5.74, 6) is 0.716. The molecule has 56 valence electrons. The van der Waals surface area contributed by atoms with Gasteiger partial charge in [0.1, 0.15) is 0 Å². The van der Waals surface area contributed by atoms with E-state index in [2.05, 4.69) is 22.2 Å². The van der Waals surface area contributed by atoms with Gasteiger partial charge in [0.25, 0.3) is 0 Å². The molecule has 2 heterocycles. The highest BCUT2D eigenvalue weighted by Crippen LogP contribution is 2.13. The third-order valence-electron chi connectivity index (χ3n) is 1.72. The number of thiol groups is 1. The van der Waals surface area contributed by atoms with Gasteiger partial charge in [0.05, 0.1) is 11.4 Å². The minimum absolute atomic E-state index is 0.716. The van der Waals surface area contributed by atoms with Gasteiger partial charge >= 0.3 is 0 Å². The van der Waals surface area contributed by atoms with Crippen LogP contribution in [-0.4, -0.2) is 9.55 Å². The number of fused-ring (bicyclic) bond motifs is 1. The predicted octanol–water partition coefficient (Wildman–Crippen LogP) is 1.92. The number of nitrogens with zero attached hydrogens (tertiary/aromatic N) is 2. The zero-order valence-corrected chi connectivity index (χ0v) is 6.83. The molecular weight excluding hydrogens is 156 g/mol. The molecule has 0 unspecified atom stereocenters. The van der Waals surface area contributed by atoms with E-state index in [1.165, 1.54) is 10.9 Å². The summed E-state index contributed by atoms with van der Waals surface area (Å²) in [6, 6.07) is 4.03. The van der Waals surface area contributed by atoms with Crippen molar-refractivity contribution in [3.8, 4) is 0 Å². The van der Waals surface area contributed by atoms with E-state index in [1.54, 1.807) is 6.20 Å². The first kappa shape index (κ1) is 6.73. The maximum Gasteiger partial charge on any atom is 0.0653 e. The van der Waals surface area contributed by atoms with Crippen LogP contribution in [-0.2, 0) is 5.88 Å². The Morgan fingerprint density at radius 1 is 1.45 bits per heavy atom. The molecule has 0 saturated carbocycles. The second-order valence-corrected chi connectivity index (χ2v) is 2.64. The number of hydrogen-bond acceptors (Lipinski definition) is 2. The lowest BCUT2D eigenvalue weighted by Crippen LogP contribution is -1.87. The number of hydrogen-bond donors (Lipinski definition) is 1. The van der Waals surface area contributed by atoms with Gasteiger partial charge in [0.2, 0.25) is 0 Å². The Morgan fingerprint density at radius 2 is 2.36 bits per heavy atom. The lowest BCUT2D eigenvalue weighted by molar-refractivity contribution is 0.947. The summed E-state index contributed by atoms with van der Waals surface area (Å²) in [6.45, 7) is 0. The van der Waals surface area contributed by atoms with Crippen LogP contribution in [0.1, 0.15) is 0 Å². The van der Waals surface area contributed by atoms with Crippen LogP contribution >= 0.6 is 12.6 Å². The Labute approximate surface area is 70.3 Å². The zero-order chi connectivity index (χ0) is 7.68. The molecule has 0 fully saturated rings. The minimum atomic E-state index is 0.716. The minimum Gasteiger partial charge on any atom is -0.338 e. The second-order valence-electron chi connectivity index (χ2n) is 2.36. The van der Waals surface area contributed by atoms with Gasteiger partial charge in [-0.3, -0.25) is 4.98 Å². The third-order valence-corrected chi connectivity index (χ3v) is 2.03. The van der Waals surface area contributed by atoms with Gasteiger partial charge in [0, 0.05) is 24.0 Å². The molecule has 0 aliphatic heterocycles. The van der Waals surface area contributed by atoms with Crippen molar-refractivity contribution in [1.82, 2.24) is 9.55 Å². The lowest BCUT2D eigenvalue weighted by Gasteiger charge is -1.97. The van der Waals surface area contributed by atoms with Crippen molar-refractivity contribution in [2.45, 2.75) is 5.88 Å². The van der Waals surface area contributed by atoms with Crippen LogP contribution in [0.3, 0.4) is 0 Å². The van der Waals surface area contributed by atoms with Gasteiger partial charge in [-0.05, 0) is 12.1 Å². The predicted molar refractivity (Wildman–Crippen MR) is 48.7 cm³/mol. The van der Waals surface area contributed by atoms with E-state index in [0.717, 1.165) is 0 Å². The highest BCUT2D eigenvalue weighted by atomic mass is 32.1. The molecule has 0 amide bonds. The molecule has 2 aromatic rings. The smallest absolute Gasteiger partial charge is 0.0653 e. The van der Waals surface area contributed by atoms with E-state index in [9.17, 15) is 0 Å². The molecule has 0 bridgehead atoms. The van der Waals surface area contributed by atoms with Crippen molar-refractivity contribution in [1.29, 1.82) is 0 Å². The molecule has 0 aliphatic rings. The van der Waals surface area contributed by atoms with Crippen LogP contribution in [0.5, 0.6) is 0 Å². The fourth-order valence-electron chi connectivity index (χ4n) is 1.16. The number of pyridine rings is 1. The summed E-state index contributed by atoms with van der Waals surface area (Å²) in [7, 11) is 0. The largest absolute Gasteiger partial charge is 0.338 e. The molecule has 2 aromatic heterocycles. The highest BCUT2D eigenvalue weighted by molar-refractivity contribution is 7.79. The molecule has 0 radical (unpaired) electrons. The Balaban J connectivity index is 2.76. The quantitative estimate of drug-likeness (QED) is 0.637. The van der Waals surface area contributed by atoms with Crippen LogP contribution in [0, 0.1) is 0 Å². The average molecular weight is 164 g/mol. The third kappa shape index (κ3) is 1.01. The van der Waals surface area contributed by atoms with E-state index in [-0.39, 0.29) is 0 Å². The van der Waals surface area contributed by atoms with Crippen molar-refractivity contribution in [2.75, 3.05) is 0 Å². The van der Waals surface area contributed by atoms with Crippen LogP contribution < -0.4 is 0 Å². The molecule has 0 spiro atoms. The van der Waals surface area contributed by atoms with Crippen molar-refractivity contribution in [3.05, 3.63) is 30.7 Å². The monoisotopic (exact) mass is 164 g/mol. The van der Waals surface area contributed by atoms with Gasteiger partial charge in [-0.25, -0.2) is 0 Å². The standard InChI is InChI=1S/C8H8N2S/c11-6-10-4-2-7-5-9-3-1-8(7)10/h1-5,11H,6H2. The summed E-state index contributed by atoms with van der Waals surface area (Å²) in [6.07, 6.45) is 5.66. The van der Waals surface area contributed by atoms with Gasteiger partial charge in [-0.15, -0.1) is 0 Å². The molecular formula is C8H8N2S. The first-order valence-corrected chi connectivity index (χ1v) is 4.05. The fraction of sp³-hybridized carbons (Fsp3) is 0.125. The van der Waals surface area contributed by atoms with Crippen molar-refractivity contribution in [3.63, 3.8) is 0 Å². The summed E-state index contributed by atoms with van der Waals surface area (Å²) >= 11 is 4.19. The van der Waals surface area contributed by atoms with Crippen molar-refractivity contribution < 1.29 is 0 Å². The van der Waals surface area contributed by atoms with Gasteiger partial charge < -0.3 is 4.57 Å². The van der Waals surface area contributed by atoms with Crippen LogP contribution in [0.25, 0.3) is 10.9 Å². The van der Waals surface area contributed by atoms with E-state index in [1.807, 2.05) is 24.5 Å². The molecule has 0 aromatic carbocycles. The first-order valence-electron chi connectivity index (χ1n) is 3.41. The lowest BCUT2D eigenvalue weighted by atomic mass is 10.3. The molecule has 0 saturated heterocycles. The number of aromatic nitrogens is 2. The van der Waals surface area contributed by atoms with Gasteiger partial charge in [-0.1, -0.05) is 0 Å². The van der Waals surface area contributed by atoms with Crippen LogP contribution in [0.2, 0.25) is 0 Å². The first-order chi connectivity index (χ1) is 5.42. The molecule has 0 N–H and O–H groups in total. The normalized spacial score (nSPS) is 10.6. The Bertz CT molecular complexity index is 367. The second kappa shape index (κ2) is 2.58. The summed E-state index contributed by atoms with van der Waals surface area (Å²) < 4.78 is 2.07. The Kier molecular flexibility index (Phi) is 1.58. The van der Waals surface area contributed by atoms with Crippen LogP contribution in [0.15, 0.2) is 30.7 Å².